The third-order valence-electron chi connectivity index (χ3n) is 5.92. The third kappa shape index (κ3) is 4.95. The molecule has 4 heterocycles. The molecule has 1 atom stereocenters. The standard InChI is InChI=1S/C24H24F3N7O2/c1-15-2-6-21(32-31-15)29-17-4-5-19-18(12-17)28-14-34(19)22-7-3-16(8-10-35)23(30-22)33-9-11-36-20(13-33)24(25,26)27/h2-7,12,14,20,35H,8-11,13H2,1H3,(H,29,32)/t20-/m0/s1. The fourth-order valence-corrected chi connectivity index (χ4v) is 4.12. The van der Waals surface area contributed by atoms with E-state index in [1.807, 2.05) is 37.3 Å². The highest BCUT2D eigenvalue weighted by molar-refractivity contribution is 5.82. The van der Waals surface area contributed by atoms with Crippen LogP contribution in [0.4, 0.5) is 30.5 Å². The van der Waals surface area contributed by atoms with Crippen LogP contribution in [-0.2, 0) is 11.2 Å². The van der Waals surface area contributed by atoms with E-state index >= 15 is 0 Å². The Bertz CT molecular complexity index is 1360. The van der Waals surface area contributed by atoms with Crippen molar-refractivity contribution < 1.29 is 23.0 Å². The van der Waals surface area contributed by atoms with Crippen LogP contribution in [0.15, 0.2) is 48.8 Å². The largest absolute Gasteiger partial charge is 0.416 e. The predicted octanol–water partition coefficient (Wildman–Crippen LogP) is 3.56. The minimum absolute atomic E-state index is 0.0657. The molecule has 1 saturated heterocycles. The van der Waals surface area contributed by atoms with E-state index in [2.05, 4.69) is 20.5 Å². The Balaban J connectivity index is 1.46. The van der Waals surface area contributed by atoms with Gasteiger partial charge in [0.2, 0.25) is 0 Å². The normalized spacial score (nSPS) is 16.5. The number of rotatable bonds is 6. The second-order valence-electron chi connectivity index (χ2n) is 8.48. The van der Waals surface area contributed by atoms with Gasteiger partial charge in [-0.25, -0.2) is 9.97 Å². The molecule has 9 nitrogen and oxygen atoms in total. The average molecular weight is 499 g/mol. The molecule has 3 aromatic heterocycles. The fraction of sp³-hybridized carbons (Fsp3) is 0.333. The van der Waals surface area contributed by atoms with Gasteiger partial charge < -0.3 is 20.1 Å². The van der Waals surface area contributed by atoms with Crippen LogP contribution in [0.25, 0.3) is 16.9 Å². The van der Waals surface area contributed by atoms with Crippen molar-refractivity contribution in [2.24, 2.45) is 0 Å². The second kappa shape index (κ2) is 9.70. The quantitative estimate of drug-likeness (QED) is 0.415. The zero-order valence-corrected chi connectivity index (χ0v) is 19.4. The van der Waals surface area contributed by atoms with E-state index < -0.39 is 12.3 Å². The van der Waals surface area contributed by atoms with Gasteiger partial charge in [-0.1, -0.05) is 6.07 Å². The Morgan fingerprint density at radius 1 is 1.14 bits per heavy atom. The Morgan fingerprint density at radius 2 is 2.00 bits per heavy atom. The number of morpholine rings is 1. The van der Waals surface area contributed by atoms with Gasteiger partial charge in [-0.05, 0) is 55.3 Å². The highest BCUT2D eigenvalue weighted by Crippen LogP contribution is 2.30. The van der Waals surface area contributed by atoms with Gasteiger partial charge >= 0.3 is 6.18 Å². The number of aliphatic hydroxyl groups is 1. The molecule has 0 amide bonds. The van der Waals surface area contributed by atoms with Crippen molar-refractivity contribution >= 4 is 28.4 Å². The Labute approximate surface area is 204 Å². The summed E-state index contributed by atoms with van der Waals surface area (Å²) in [6.07, 6.45) is -4.46. The number of aryl methyl sites for hydroxylation is 1. The average Bonchev–Trinajstić information content (AvgIpc) is 3.29. The first-order chi connectivity index (χ1) is 17.3. The summed E-state index contributed by atoms with van der Waals surface area (Å²) in [5.41, 5.74) is 3.74. The van der Waals surface area contributed by atoms with E-state index in [-0.39, 0.29) is 32.7 Å². The molecule has 36 heavy (non-hydrogen) atoms. The number of fused-ring (bicyclic) bond motifs is 1. The molecule has 12 heteroatoms. The highest BCUT2D eigenvalue weighted by Gasteiger charge is 2.43. The van der Waals surface area contributed by atoms with Gasteiger partial charge in [0, 0.05) is 18.8 Å². The van der Waals surface area contributed by atoms with Crippen molar-refractivity contribution in [2.75, 3.05) is 36.5 Å². The van der Waals surface area contributed by atoms with Crippen molar-refractivity contribution in [2.45, 2.75) is 25.6 Å². The van der Waals surface area contributed by atoms with E-state index in [4.69, 9.17) is 9.72 Å². The maximum Gasteiger partial charge on any atom is 0.416 e. The summed E-state index contributed by atoms with van der Waals surface area (Å²) in [4.78, 5) is 10.8. The molecule has 4 aromatic rings. The van der Waals surface area contributed by atoms with Crippen molar-refractivity contribution in [1.29, 1.82) is 0 Å². The lowest BCUT2D eigenvalue weighted by Crippen LogP contribution is -2.49. The monoisotopic (exact) mass is 499 g/mol. The van der Waals surface area contributed by atoms with Crippen molar-refractivity contribution in [3.63, 3.8) is 0 Å². The minimum atomic E-state index is -4.47. The molecule has 0 spiro atoms. The number of anilines is 3. The van der Waals surface area contributed by atoms with E-state index in [9.17, 15) is 18.3 Å². The minimum Gasteiger partial charge on any atom is -0.396 e. The number of hydrogen-bond donors (Lipinski definition) is 2. The molecule has 0 saturated carbocycles. The number of imidazole rings is 1. The lowest BCUT2D eigenvalue weighted by Gasteiger charge is -2.35. The predicted molar refractivity (Wildman–Crippen MR) is 128 cm³/mol. The number of halogens is 3. The van der Waals surface area contributed by atoms with Gasteiger partial charge in [0.15, 0.2) is 11.9 Å². The first-order valence-corrected chi connectivity index (χ1v) is 11.4. The molecule has 5 rings (SSSR count). The number of aromatic nitrogens is 5. The number of hydrogen-bond acceptors (Lipinski definition) is 8. The molecular weight excluding hydrogens is 475 g/mol. The lowest BCUT2D eigenvalue weighted by atomic mass is 10.1. The number of pyridine rings is 1. The second-order valence-corrected chi connectivity index (χ2v) is 8.48. The van der Waals surface area contributed by atoms with Crippen LogP contribution in [0.5, 0.6) is 0 Å². The van der Waals surface area contributed by atoms with Crippen LogP contribution in [0.2, 0.25) is 0 Å². The molecule has 0 radical (unpaired) electrons. The van der Waals surface area contributed by atoms with E-state index in [1.54, 1.807) is 27.9 Å². The molecule has 0 aliphatic carbocycles. The van der Waals surface area contributed by atoms with Gasteiger partial charge in [0.05, 0.1) is 29.9 Å². The Kier molecular flexibility index (Phi) is 6.46. The first kappa shape index (κ1) is 23.9. The van der Waals surface area contributed by atoms with Crippen LogP contribution in [0.3, 0.4) is 0 Å². The van der Waals surface area contributed by atoms with Crippen LogP contribution in [0.1, 0.15) is 11.3 Å². The number of nitrogens with one attached hydrogen (secondary N) is 1. The number of nitrogens with zero attached hydrogens (tertiary/aromatic N) is 6. The molecule has 2 N–H and O–H groups in total. The molecule has 1 fully saturated rings. The summed E-state index contributed by atoms with van der Waals surface area (Å²) < 4.78 is 46.6. The summed E-state index contributed by atoms with van der Waals surface area (Å²) in [7, 11) is 0. The Morgan fingerprint density at radius 3 is 2.75 bits per heavy atom. The maximum absolute atomic E-state index is 13.3. The number of alkyl halides is 3. The Hall–Kier alpha value is -3.77. The summed E-state index contributed by atoms with van der Waals surface area (Å²) in [6, 6.07) is 12.9. The molecule has 1 aliphatic heterocycles. The van der Waals surface area contributed by atoms with Gasteiger partial charge in [-0.3, -0.25) is 4.57 Å². The van der Waals surface area contributed by atoms with Crippen molar-refractivity contribution in [1.82, 2.24) is 24.7 Å². The smallest absolute Gasteiger partial charge is 0.396 e. The summed E-state index contributed by atoms with van der Waals surface area (Å²) in [5, 5.41) is 20.8. The van der Waals surface area contributed by atoms with Gasteiger partial charge in [-0.2, -0.15) is 18.3 Å². The molecule has 0 unspecified atom stereocenters. The number of aliphatic hydroxyl groups excluding tert-OH is 1. The third-order valence-corrected chi connectivity index (χ3v) is 5.92. The summed E-state index contributed by atoms with van der Waals surface area (Å²) in [5.74, 6) is 1.51. The van der Waals surface area contributed by atoms with Crippen LogP contribution >= 0.6 is 0 Å². The zero-order chi connectivity index (χ0) is 25.3. The maximum atomic E-state index is 13.3. The molecule has 188 valence electrons. The van der Waals surface area contributed by atoms with Gasteiger partial charge in [0.1, 0.15) is 18.0 Å². The summed E-state index contributed by atoms with van der Waals surface area (Å²) in [6.45, 7) is 1.56. The van der Waals surface area contributed by atoms with E-state index in [1.165, 1.54) is 0 Å². The SMILES string of the molecule is Cc1ccc(Nc2ccc3c(c2)ncn3-c2ccc(CCO)c(N3CCO[C@H](C(F)(F)F)C3)n2)nn1. The molecule has 1 aliphatic rings. The molecular formula is C24H24F3N7O2. The fourth-order valence-electron chi connectivity index (χ4n) is 4.12. The van der Waals surface area contributed by atoms with Crippen LogP contribution in [0, 0.1) is 6.92 Å². The summed E-state index contributed by atoms with van der Waals surface area (Å²) >= 11 is 0. The molecule has 0 bridgehead atoms. The van der Waals surface area contributed by atoms with E-state index in [0.717, 1.165) is 16.9 Å². The number of benzene rings is 1. The topological polar surface area (TPSA) is 101 Å². The first-order valence-electron chi connectivity index (χ1n) is 11.4. The van der Waals surface area contributed by atoms with E-state index in [0.29, 0.717) is 28.5 Å². The van der Waals surface area contributed by atoms with Crippen LogP contribution < -0.4 is 10.2 Å². The highest BCUT2D eigenvalue weighted by atomic mass is 19.4. The van der Waals surface area contributed by atoms with Crippen molar-refractivity contribution in [3.05, 3.63) is 60.0 Å². The lowest BCUT2D eigenvalue weighted by molar-refractivity contribution is -0.221. The molecule has 1 aromatic carbocycles. The van der Waals surface area contributed by atoms with Gasteiger partial charge in [-0.15, -0.1) is 5.10 Å². The van der Waals surface area contributed by atoms with Crippen molar-refractivity contribution in [3.8, 4) is 5.82 Å². The van der Waals surface area contributed by atoms with Gasteiger partial charge in [0.25, 0.3) is 0 Å². The number of ether oxygens (including phenoxy) is 1. The zero-order valence-electron chi connectivity index (χ0n) is 19.4. The van der Waals surface area contributed by atoms with Crippen LogP contribution in [-0.4, -0.2) is 68.4 Å².